The van der Waals surface area contributed by atoms with Crippen molar-refractivity contribution in [1.29, 1.82) is 0 Å². The molecule has 0 saturated carbocycles. The van der Waals surface area contributed by atoms with Crippen molar-refractivity contribution in [2.75, 3.05) is 25.7 Å². The Hall–Kier alpha value is -3.90. The van der Waals surface area contributed by atoms with E-state index in [0.29, 0.717) is 22.7 Å². The Morgan fingerprint density at radius 1 is 1.00 bits per heavy atom. The fourth-order valence-corrected chi connectivity index (χ4v) is 4.07. The molecule has 0 spiro atoms. The van der Waals surface area contributed by atoms with E-state index in [2.05, 4.69) is 0 Å². The molecule has 0 radical (unpaired) electrons. The van der Waals surface area contributed by atoms with Gasteiger partial charge >= 0.3 is 0 Å². The molecule has 0 aliphatic carbocycles. The first-order chi connectivity index (χ1) is 16.0. The smallest absolute Gasteiger partial charge is 0.264 e. The minimum Gasteiger partial charge on any atom is -0.497 e. The zero-order chi connectivity index (χ0) is 23.4. The van der Waals surface area contributed by atoms with Crippen molar-refractivity contribution in [3.63, 3.8) is 0 Å². The van der Waals surface area contributed by atoms with Crippen LogP contribution < -0.4 is 14.4 Å². The molecule has 0 bridgehead atoms. The van der Waals surface area contributed by atoms with E-state index in [4.69, 9.17) is 9.47 Å². The molecule has 0 saturated heterocycles. The van der Waals surface area contributed by atoms with E-state index in [0.717, 1.165) is 5.56 Å². The molecule has 1 atom stereocenters. The molecule has 6 nitrogen and oxygen atoms in total. The van der Waals surface area contributed by atoms with E-state index in [-0.39, 0.29) is 12.1 Å². The van der Waals surface area contributed by atoms with Crippen molar-refractivity contribution in [2.45, 2.75) is 12.0 Å². The summed E-state index contributed by atoms with van der Waals surface area (Å²) in [6.45, 7) is 0.271. The summed E-state index contributed by atoms with van der Waals surface area (Å²) in [4.78, 5) is 28.1. The van der Waals surface area contributed by atoms with Gasteiger partial charge in [-0.15, -0.1) is 0 Å². The van der Waals surface area contributed by atoms with Gasteiger partial charge in [-0.2, -0.15) is 0 Å². The normalized spacial score (nSPS) is 17.3. The maximum atomic E-state index is 13.4. The van der Waals surface area contributed by atoms with Gasteiger partial charge in [0.1, 0.15) is 11.5 Å². The number of methoxy groups -OCH3 is 2. The Bertz CT molecular complexity index is 1200. The fourth-order valence-electron chi connectivity index (χ4n) is 4.07. The van der Waals surface area contributed by atoms with Gasteiger partial charge in [-0.25, -0.2) is 0 Å². The van der Waals surface area contributed by atoms with Gasteiger partial charge in [0, 0.05) is 18.2 Å². The van der Waals surface area contributed by atoms with E-state index < -0.39 is 23.7 Å². The van der Waals surface area contributed by atoms with Gasteiger partial charge in [-0.1, -0.05) is 60.7 Å². The van der Waals surface area contributed by atoms with Gasteiger partial charge in [-0.3, -0.25) is 9.59 Å². The molecule has 3 aromatic carbocycles. The number of para-hydroxylation sites is 1. The van der Waals surface area contributed by atoms with Crippen LogP contribution in [0.2, 0.25) is 0 Å². The van der Waals surface area contributed by atoms with E-state index in [1.807, 2.05) is 42.5 Å². The van der Waals surface area contributed by atoms with Crippen molar-refractivity contribution < 1.29 is 24.2 Å². The highest BCUT2D eigenvalue weighted by molar-refractivity contribution is 6.11. The molecular formula is C27H25NO5. The van der Waals surface area contributed by atoms with Gasteiger partial charge in [0.15, 0.2) is 11.4 Å². The van der Waals surface area contributed by atoms with Gasteiger partial charge < -0.3 is 19.5 Å². The van der Waals surface area contributed by atoms with Gasteiger partial charge in [0.25, 0.3) is 5.91 Å². The second-order valence-corrected chi connectivity index (χ2v) is 7.77. The molecule has 4 rings (SSSR count). The number of nitrogens with zero attached hydrogens (tertiary/aromatic N) is 1. The summed E-state index contributed by atoms with van der Waals surface area (Å²) in [5.41, 5.74) is 0.342. The summed E-state index contributed by atoms with van der Waals surface area (Å²) in [5, 5.41) is 11.5. The highest BCUT2D eigenvalue weighted by atomic mass is 16.5. The molecule has 1 aliphatic heterocycles. The number of hydrogen-bond acceptors (Lipinski definition) is 5. The number of aliphatic hydroxyl groups is 1. The molecule has 1 aliphatic rings. The number of rotatable bonds is 8. The van der Waals surface area contributed by atoms with Gasteiger partial charge in [-0.05, 0) is 23.8 Å². The molecule has 33 heavy (non-hydrogen) atoms. The summed E-state index contributed by atoms with van der Waals surface area (Å²) in [6, 6.07) is 21.6. The number of Topliss-reactive ketones (excluding diaryl/α,β-unsaturated/α-hetero) is 1. The summed E-state index contributed by atoms with van der Waals surface area (Å²) in [5.74, 6) is -0.0609. The molecule has 1 N–H and O–H groups in total. The van der Waals surface area contributed by atoms with Crippen LogP contribution in [-0.2, 0) is 10.4 Å². The Balaban J connectivity index is 1.61. The van der Waals surface area contributed by atoms with Crippen molar-refractivity contribution in [3.05, 3.63) is 95.6 Å². The quantitative estimate of drug-likeness (QED) is 0.528. The topological polar surface area (TPSA) is 76.1 Å². The van der Waals surface area contributed by atoms with Crippen molar-refractivity contribution >= 4 is 23.5 Å². The first kappa shape index (κ1) is 22.3. The van der Waals surface area contributed by atoms with E-state index in [9.17, 15) is 14.7 Å². The third-order valence-electron chi connectivity index (χ3n) is 5.76. The Kier molecular flexibility index (Phi) is 6.29. The zero-order valence-electron chi connectivity index (χ0n) is 18.5. The predicted octanol–water partition coefficient (Wildman–Crippen LogP) is 4.22. The third-order valence-corrected chi connectivity index (χ3v) is 5.76. The maximum absolute atomic E-state index is 13.4. The van der Waals surface area contributed by atoms with Crippen LogP contribution >= 0.6 is 0 Å². The molecule has 0 fully saturated rings. The lowest BCUT2D eigenvalue weighted by atomic mass is 9.88. The van der Waals surface area contributed by atoms with Crippen LogP contribution in [0.1, 0.15) is 27.9 Å². The summed E-state index contributed by atoms with van der Waals surface area (Å²) < 4.78 is 10.5. The second-order valence-electron chi connectivity index (χ2n) is 7.77. The van der Waals surface area contributed by atoms with Crippen molar-refractivity contribution in [2.24, 2.45) is 0 Å². The molecule has 168 valence electrons. The molecule has 3 aromatic rings. The van der Waals surface area contributed by atoms with Gasteiger partial charge in [0.05, 0.1) is 31.9 Å². The van der Waals surface area contributed by atoms with Crippen LogP contribution in [0.4, 0.5) is 5.69 Å². The van der Waals surface area contributed by atoms with Crippen molar-refractivity contribution in [1.82, 2.24) is 0 Å². The van der Waals surface area contributed by atoms with E-state index in [1.165, 1.54) is 19.1 Å². The minimum absolute atomic E-state index is 0.271. The Labute approximate surface area is 192 Å². The first-order valence-corrected chi connectivity index (χ1v) is 10.6. The lowest BCUT2D eigenvalue weighted by Crippen LogP contribution is -2.42. The summed E-state index contributed by atoms with van der Waals surface area (Å²) in [6.07, 6.45) is 3.38. The molecule has 6 heteroatoms. The highest BCUT2D eigenvalue weighted by Crippen LogP contribution is 2.43. The maximum Gasteiger partial charge on any atom is 0.264 e. The predicted molar refractivity (Wildman–Crippen MR) is 127 cm³/mol. The number of benzene rings is 3. The van der Waals surface area contributed by atoms with Crippen LogP contribution in [0.5, 0.6) is 11.5 Å². The fraction of sp³-hybridized carbons (Fsp3) is 0.185. The standard InChI is InChI=1S/C27H25NO5/c1-32-20-14-15-21(25(17-20)33-2)24(29)18-27(31)22-12-6-7-13-23(22)28(26(27)30)16-8-11-19-9-4-3-5-10-19/h3-15,17,31H,16,18H2,1-2H3/t27-/m0/s1. The number of fused-ring (bicyclic) bond motifs is 1. The SMILES string of the molecule is COc1ccc(C(=O)C[C@@]2(O)C(=O)N(CC=Cc3ccccc3)c3ccccc32)c(OC)c1. The molecule has 1 amide bonds. The number of carbonyl (C=O) groups is 2. The molecule has 0 aromatic heterocycles. The summed E-state index contributed by atoms with van der Waals surface area (Å²) in [7, 11) is 2.98. The third kappa shape index (κ3) is 4.25. The number of amides is 1. The number of anilines is 1. The van der Waals surface area contributed by atoms with E-state index >= 15 is 0 Å². The molecule has 0 unspecified atom stereocenters. The lowest BCUT2D eigenvalue weighted by molar-refractivity contribution is -0.135. The van der Waals surface area contributed by atoms with Gasteiger partial charge in [0.2, 0.25) is 0 Å². The number of ketones is 1. The summed E-state index contributed by atoms with van der Waals surface area (Å²) >= 11 is 0. The second kappa shape index (κ2) is 9.30. The van der Waals surface area contributed by atoms with E-state index in [1.54, 1.807) is 42.5 Å². The monoisotopic (exact) mass is 443 g/mol. The van der Waals surface area contributed by atoms with Crippen LogP contribution in [0.25, 0.3) is 6.08 Å². The first-order valence-electron chi connectivity index (χ1n) is 10.6. The highest BCUT2D eigenvalue weighted by Gasteiger charge is 2.50. The zero-order valence-corrected chi connectivity index (χ0v) is 18.5. The average Bonchev–Trinajstić information content (AvgIpc) is 3.06. The van der Waals surface area contributed by atoms with Crippen LogP contribution in [-0.4, -0.2) is 37.6 Å². The number of hydrogen-bond donors (Lipinski definition) is 1. The molecular weight excluding hydrogens is 418 g/mol. The minimum atomic E-state index is -1.96. The number of carbonyl (C=O) groups excluding carboxylic acids is 2. The lowest BCUT2D eigenvalue weighted by Gasteiger charge is -2.22. The number of ether oxygens (including phenoxy) is 2. The Morgan fingerprint density at radius 2 is 1.73 bits per heavy atom. The molecule has 1 heterocycles. The average molecular weight is 443 g/mol. The van der Waals surface area contributed by atoms with Crippen LogP contribution in [0, 0.1) is 0 Å². The van der Waals surface area contributed by atoms with Crippen LogP contribution in [0.3, 0.4) is 0 Å². The Morgan fingerprint density at radius 3 is 2.45 bits per heavy atom. The van der Waals surface area contributed by atoms with Crippen molar-refractivity contribution in [3.8, 4) is 11.5 Å². The largest absolute Gasteiger partial charge is 0.497 e. The van der Waals surface area contributed by atoms with Crippen LogP contribution in [0.15, 0.2) is 78.9 Å².